The van der Waals surface area contributed by atoms with E-state index in [2.05, 4.69) is 20.7 Å². The Labute approximate surface area is 128 Å². The Morgan fingerprint density at radius 2 is 2.00 bits per heavy atom. The minimum absolute atomic E-state index is 0.169. The zero-order valence-corrected chi connectivity index (χ0v) is 13.7. The highest BCUT2D eigenvalue weighted by atomic mass is 79.9. The minimum atomic E-state index is -3.52. The zero-order valence-electron chi connectivity index (χ0n) is 11.3. The molecular formula is C14H20BrNO3S. The highest BCUT2D eigenvalue weighted by Crippen LogP contribution is 2.27. The maximum atomic E-state index is 12.3. The van der Waals surface area contributed by atoms with E-state index in [4.69, 9.17) is 5.11 Å². The second kappa shape index (κ2) is 7.02. The highest BCUT2D eigenvalue weighted by Gasteiger charge is 2.20. The molecule has 2 rings (SSSR count). The van der Waals surface area contributed by atoms with Gasteiger partial charge >= 0.3 is 0 Å². The van der Waals surface area contributed by atoms with Gasteiger partial charge in [-0.05, 0) is 46.0 Å². The first-order valence-corrected chi connectivity index (χ1v) is 9.19. The molecule has 1 aromatic carbocycles. The second-order valence-electron chi connectivity index (χ2n) is 5.26. The van der Waals surface area contributed by atoms with Crippen LogP contribution >= 0.6 is 15.9 Å². The van der Waals surface area contributed by atoms with Gasteiger partial charge in [-0.2, -0.15) is 0 Å². The van der Waals surface area contributed by atoms with Crippen molar-refractivity contribution in [3.63, 3.8) is 0 Å². The number of sulfonamides is 1. The van der Waals surface area contributed by atoms with Gasteiger partial charge in [0.15, 0.2) is 0 Å². The van der Waals surface area contributed by atoms with E-state index in [-0.39, 0.29) is 11.5 Å². The molecule has 0 bridgehead atoms. The zero-order chi connectivity index (χ0) is 14.6. The number of nitrogens with one attached hydrogen (secondary N) is 1. The van der Waals surface area contributed by atoms with Crippen molar-refractivity contribution >= 4 is 26.0 Å². The van der Waals surface area contributed by atoms with Crippen LogP contribution in [0.3, 0.4) is 0 Å². The standard InChI is InChI=1S/C14H20BrNO3S/c15-13-6-5-12(10-17)9-14(13)20(18,19)16-8-7-11-3-1-2-4-11/h5-6,9,11,16-17H,1-4,7-8,10H2. The predicted molar refractivity (Wildman–Crippen MR) is 81.8 cm³/mol. The quantitative estimate of drug-likeness (QED) is 0.818. The Kier molecular flexibility index (Phi) is 5.60. The molecule has 1 fully saturated rings. The summed E-state index contributed by atoms with van der Waals surface area (Å²) < 4.78 is 27.7. The fraction of sp³-hybridized carbons (Fsp3) is 0.571. The predicted octanol–water partition coefficient (Wildman–Crippen LogP) is 2.80. The van der Waals surface area contributed by atoms with Gasteiger partial charge in [-0.1, -0.05) is 31.7 Å². The topological polar surface area (TPSA) is 66.4 Å². The maximum absolute atomic E-state index is 12.3. The van der Waals surface area contributed by atoms with Crippen molar-refractivity contribution in [3.05, 3.63) is 28.2 Å². The van der Waals surface area contributed by atoms with Gasteiger partial charge in [0.25, 0.3) is 0 Å². The molecule has 0 aliphatic heterocycles. The Morgan fingerprint density at radius 3 is 2.65 bits per heavy atom. The van der Waals surface area contributed by atoms with Gasteiger partial charge in [0.2, 0.25) is 10.0 Å². The van der Waals surface area contributed by atoms with Crippen LogP contribution in [0.2, 0.25) is 0 Å². The van der Waals surface area contributed by atoms with E-state index in [9.17, 15) is 8.42 Å². The summed E-state index contributed by atoms with van der Waals surface area (Å²) in [7, 11) is -3.52. The van der Waals surface area contributed by atoms with Gasteiger partial charge < -0.3 is 5.11 Å². The molecule has 1 saturated carbocycles. The lowest BCUT2D eigenvalue weighted by atomic mass is 10.1. The molecule has 6 heteroatoms. The fourth-order valence-electron chi connectivity index (χ4n) is 2.63. The summed E-state index contributed by atoms with van der Waals surface area (Å²) in [6.45, 7) is 0.306. The van der Waals surface area contributed by atoms with Crippen LogP contribution in [-0.2, 0) is 16.6 Å². The van der Waals surface area contributed by atoms with E-state index in [1.807, 2.05) is 0 Å². The van der Waals surface area contributed by atoms with E-state index >= 15 is 0 Å². The molecule has 0 spiro atoms. The average molecular weight is 362 g/mol. The van der Waals surface area contributed by atoms with Crippen molar-refractivity contribution in [3.8, 4) is 0 Å². The third-order valence-corrected chi connectivity index (χ3v) is 6.24. The summed E-state index contributed by atoms with van der Waals surface area (Å²) in [4.78, 5) is 0.190. The van der Waals surface area contributed by atoms with Crippen molar-refractivity contribution in [1.29, 1.82) is 0 Å². The molecule has 0 aromatic heterocycles. The largest absolute Gasteiger partial charge is 0.392 e. The van der Waals surface area contributed by atoms with Crippen LogP contribution in [0.1, 0.15) is 37.7 Å². The lowest BCUT2D eigenvalue weighted by Gasteiger charge is -2.12. The average Bonchev–Trinajstić information content (AvgIpc) is 2.92. The first-order valence-electron chi connectivity index (χ1n) is 6.92. The molecule has 112 valence electrons. The fourth-order valence-corrected chi connectivity index (χ4v) is 4.69. The van der Waals surface area contributed by atoms with Crippen LogP contribution in [0.15, 0.2) is 27.6 Å². The van der Waals surface area contributed by atoms with E-state index < -0.39 is 10.0 Å². The Morgan fingerprint density at radius 1 is 1.30 bits per heavy atom. The van der Waals surface area contributed by atoms with Crippen LogP contribution < -0.4 is 4.72 Å². The Bertz CT molecular complexity index is 554. The van der Waals surface area contributed by atoms with E-state index in [0.29, 0.717) is 22.5 Å². The maximum Gasteiger partial charge on any atom is 0.241 e. The SMILES string of the molecule is O=S(=O)(NCCC1CCCC1)c1cc(CO)ccc1Br. The molecule has 0 unspecified atom stereocenters. The van der Waals surface area contributed by atoms with Gasteiger partial charge in [-0.15, -0.1) is 0 Å². The third kappa shape index (κ3) is 4.04. The Hall–Kier alpha value is -0.430. The molecule has 0 radical (unpaired) electrons. The molecule has 4 nitrogen and oxygen atoms in total. The monoisotopic (exact) mass is 361 g/mol. The van der Waals surface area contributed by atoms with Crippen LogP contribution in [0.25, 0.3) is 0 Å². The summed E-state index contributed by atoms with van der Waals surface area (Å²) >= 11 is 3.25. The lowest BCUT2D eigenvalue weighted by molar-refractivity contribution is 0.281. The molecule has 1 aromatic rings. The van der Waals surface area contributed by atoms with Gasteiger partial charge in [-0.3, -0.25) is 0 Å². The molecule has 0 amide bonds. The first kappa shape index (κ1) is 15.9. The van der Waals surface area contributed by atoms with Crippen molar-refractivity contribution in [2.45, 2.75) is 43.6 Å². The second-order valence-corrected chi connectivity index (χ2v) is 7.85. The number of aliphatic hydroxyl groups is 1. The van der Waals surface area contributed by atoms with Crippen molar-refractivity contribution in [2.75, 3.05) is 6.54 Å². The van der Waals surface area contributed by atoms with E-state index in [1.165, 1.54) is 31.7 Å². The molecule has 1 aliphatic rings. The normalized spacial score (nSPS) is 16.7. The summed E-state index contributed by atoms with van der Waals surface area (Å²) in [6, 6.07) is 4.85. The summed E-state index contributed by atoms with van der Waals surface area (Å²) in [5.41, 5.74) is 0.587. The van der Waals surface area contributed by atoms with Crippen LogP contribution in [0.4, 0.5) is 0 Å². The number of hydrogen-bond acceptors (Lipinski definition) is 3. The molecule has 0 atom stereocenters. The van der Waals surface area contributed by atoms with Crippen LogP contribution in [0, 0.1) is 5.92 Å². The van der Waals surface area contributed by atoms with Crippen molar-refractivity contribution in [2.24, 2.45) is 5.92 Å². The van der Waals surface area contributed by atoms with Crippen LogP contribution in [-0.4, -0.2) is 20.1 Å². The number of halogens is 1. The number of rotatable bonds is 6. The van der Waals surface area contributed by atoms with Crippen molar-refractivity contribution in [1.82, 2.24) is 4.72 Å². The number of aliphatic hydroxyl groups excluding tert-OH is 1. The Balaban J connectivity index is 2.01. The molecular weight excluding hydrogens is 342 g/mol. The van der Waals surface area contributed by atoms with Crippen LogP contribution in [0.5, 0.6) is 0 Å². The molecule has 0 heterocycles. The van der Waals surface area contributed by atoms with Gasteiger partial charge in [-0.25, -0.2) is 13.1 Å². The van der Waals surface area contributed by atoms with Gasteiger partial charge in [0.05, 0.1) is 11.5 Å². The molecule has 20 heavy (non-hydrogen) atoms. The number of hydrogen-bond donors (Lipinski definition) is 2. The van der Waals surface area contributed by atoms with Gasteiger partial charge in [0, 0.05) is 11.0 Å². The first-order chi connectivity index (χ1) is 9.53. The molecule has 0 saturated heterocycles. The number of benzene rings is 1. The van der Waals surface area contributed by atoms with E-state index in [1.54, 1.807) is 12.1 Å². The molecule has 2 N–H and O–H groups in total. The lowest BCUT2D eigenvalue weighted by Crippen LogP contribution is -2.26. The third-order valence-electron chi connectivity index (χ3n) is 3.79. The summed E-state index contributed by atoms with van der Waals surface area (Å²) in [6.07, 6.45) is 5.86. The highest BCUT2D eigenvalue weighted by molar-refractivity contribution is 9.10. The van der Waals surface area contributed by atoms with Crippen molar-refractivity contribution < 1.29 is 13.5 Å². The summed E-state index contributed by atoms with van der Waals surface area (Å²) in [5.74, 6) is 0.657. The van der Waals surface area contributed by atoms with Gasteiger partial charge in [0.1, 0.15) is 0 Å². The minimum Gasteiger partial charge on any atom is -0.392 e. The summed E-state index contributed by atoms with van der Waals surface area (Å²) in [5, 5.41) is 9.11. The smallest absolute Gasteiger partial charge is 0.241 e. The molecule has 1 aliphatic carbocycles. The van der Waals surface area contributed by atoms with E-state index in [0.717, 1.165) is 6.42 Å².